The van der Waals surface area contributed by atoms with E-state index in [0.717, 1.165) is 25.8 Å². The summed E-state index contributed by atoms with van der Waals surface area (Å²) in [5.74, 6) is -0.0466. The maximum atomic E-state index is 12.1. The van der Waals surface area contributed by atoms with Gasteiger partial charge in [0.05, 0.1) is 5.92 Å². The molecule has 90 valence electrons. The van der Waals surface area contributed by atoms with E-state index < -0.39 is 0 Å². The molecule has 0 aromatic carbocycles. The standard InChI is InChI=1S/C13H21NO2/c1-13(2)7-10(15)12(11(16)8-13)9-5-3-4-6-14-9/h9,12,14H,3-8H2,1-2H3. The molecule has 2 aliphatic rings. The molecular weight excluding hydrogens is 202 g/mol. The van der Waals surface area contributed by atoms with Crippen LogP contribution >= 0.6 is 0 Å². The van der Waals surface area contributed by atoms with E-state index in [0.29, 0.717) is 12.8 Å². The highest BCUT2D eigenvalue weighted by Gasteiger charge is 2.43. The van der Waals surface area contributed by atoms with Gasteiger partial charge in [0.1, 0.15) is 11.6 Å². The molecule has 1 unspecified atom stereocenters. The van der Waals surface area contributed by atoms with Gasteiger partial charge in [-0.1, -0.05) is 20.3 Å². The van der Waals surface area contributed by atoms with Crippen molar-refractivity contribution in [1.82, 2.24) is 5.32 Å². The predicted molar refractivity (Wildman–Crippen MR) is 62.2 cm³/mol. The van der Waals surface area contributed by atoms with Gasteiger partial charge in [-0.25, -0.2) is 0 Å². The molecule has 1 aliphatic heterocycles. The summed E-state index contributed by atoms with van der Waals surface area (Å²) in [4.78, 5) is 24.1. The van der Waals surface area contributed by atoms with Gasteiger partial charge in [-0.2, -0.15) is 0 Å². The Kier molecular flexibility index (Phi) is 3.15. The highest BCUT2D eigenvalue weighted by Crippen LogP contribution is 2.36. The maximum absolute atomic E-state index is 12.1. The first-order chi connectivity index (χ1) is 7.49. The molecule has 3 heteroatoms. The van der Waals surface area contributed by atoms with Crippen LogP contribution in [0, 0.1) is 11.3 Å². The molecule has 0 bridgehead atoms. The van der Waals surface area contributed by atoms with Crippen LogP contribution in [-0.4, -0.2) is 24.2 Å². The summed E-state index contributed by atoms with van der Waals surface area (Å²) in [5, 5.41) is 3.34. The predicted octanol–water partition coefficient (Wildman–Crippen LogP) is 1.70. The fraction of sp³-hybridized carbons (Fsp3) is 0.846. The van der Waals surface area contributed by atoms with Gasteiger partial charge in [0.15, 0.2) is 0 Å². The number of ketones is 2. The average Bonchev–Trinajstić information content (AvgIpc) is 2.16. The number of carbonyl (C=O) groups excluding carboxylic acids is 2. The Morgan fingerprint density at radius 3 is 2.25 bits per heavy atom. The Morgan fingerprint density at radius 2 is 1.75 bits per heavy atom. The zero-order valence-corrected chi connectivity index (χ0v) is 10.2. The number of carbonyl (C=O) groups is 2. The Bertz CT molecular complexity index is 283. The summed E-state index contributed by atoms with van der Waals surface area (Å²) in [6.45, 7) is 4.96. The Labute approximate surface area is 97.0 Å². The summed E-state index contributed by atoms with van der Waals surface area (Å²) in [6, 6.07) is 0.116. The topological polar surface area (TPSA) is 46.2 Å². The van der Waals surface area contributed by atoms with Crippen LogP contribution in [0.15, 0.2) is 0 Å². The molecule has 1 N–H and O–H groups in total. The van der Waals surface area contributed by atoms with Crippen molar-refractivity contribution in [2.45, 2.75) is 52.0 Å². The largest absolute Gasteiger partial charge is 0.313 e. The molecule has 1 atom stereocenters. The minimum Gasteiger partial charge on any atom is -0.313 e. The molecule has 2 fully saturated rings. The third-order valence-electron chi connectivity index (χ3n) is 3.75. The fourth-order valence-corrected chi connectivity index (χ4v) is 3.02. The maximum Gasteiger partial charge on any atom is 0.145 e. The molecule has 16 heavy (non-hydrogen) atoms. The number of Topliss-reactive ketones (excluding diaryl/α,β-unsaturated/α-hetero) is 2. The van der Waals surface area contributed by atoms with Gasteiger partial charge in [0.25, 0.3) is 0 Å². The van der Waals surface area contributed by atoms with Crippen LogP contribution in [0.3, 0.4) is 0 Å². The monoisotopic (exact) mass is 223 g/mol. The van der Waals surface area contributed by atoms with Crippen LogP contribution in [0.5, 0.6) is 0 Å². The number of hydrogen-bond acceptors (Lipinski definition) is 3. The van der Waals surface area contributed by atoms with Crippen LogP contribution in [-0.2, 0) is 9.59 Å². The summed E-state index contributed by atoms with van der Waals surface area (Å²) in [6.07, 6.45) is 4.39. The molecule has 1 heterocycles. The van der Waals surface area contributed by atoms with Crippen molar-refractivity contribution in [3.63, 3.8) is 0 Å². The molecule has 3 nitrogen and oxygen atoms in total. The van der Waals surface area contributed by atoms with Crippen molar-refractivity contribution >= 4 is 11.6 Å². The van der Waals surface area contributed by atoms with E-state index in [1.54, 1.807) is 0 Å². The van der Waals surface area contributed by atoms with Gasteiger partial charge in [0, 0.05) is 18.9 Å². The molecular formula is C13H21NO2. The molecule has 0 aromatic heterocycles. The molecule has 0 amide bonds. The summed E-state index contributed by atoms with van der Waals surface area (Å²) in [5.41, 5.74) is -0.126. The minimum absolute atomic E-state index is 0.116. The van der Waals surface area contributed by atoms with Crippen molar-refractivity contribution in [3.8, 4) is 0 Å². The molecule has 0 aromatic rings. The van der Waals surface area contributed by atoms with Gasteiger partial charge in [-0.3, -0.25) is 9.59 Å². The van der Waals surface area contributed by atoms with E-state index in [9.17, 15) is 9.59 Å². The second kappa shape index (κ2) is 4.28. The minimum atomic E-state index is -0.353. The van der Waals surface area contributed by atoms with Crippen molar-refractivity contribution in [1.29, 1.82) is 0 Å². The van der Waals surface area contributed by atoms with Gasteiger partial charge >= 0.3 is 0 Å². The van der Waals surface area contributed by atoms with E-state index >= 15 is 0 Å². The van der Waals surface area contributed by atoms with Gasteiger partial charge in [-0.05, 0) is 24.8 Å². The molecule has 0 radical (unpaired) electrons. The Balaban J connectivity index is 2.09. The zero-order valence-electron chi connectivity index (χ0n) is 10.2. The van der Waals surface area contributed by atoms with E-state index in [1.165, 1.54) is 0 Å². The second-order valence-corrected chi connectivity index (χ2v) is 5.98. The lowest BCUT2D eigenvalue weighted by Gasteiger charge is -2.37. The molecule has 1 saturated carbocycles. The summed E-state index contributed by atoms with van der Waals surface area (Å²) < 4.78 is 0. The first-order valence-electron chi connectivity index (χ1n) is 6.28. The summed E-state index contributed by atoms with van der Waals surface area (Å²) in [7, 11) is 0. The lowest BCUT2D eigenvalue weighted by molar-refractivity contribution is -0.141. The quantitative estimate of drug-likeness (QED) is 0.688. The third kappa shape index (κ3) is 2.34. The van der Waals surface area contributed by atoms with Crippen LogP contribution in [0.4, 0.5) is 0 Å². The average molecular weight is 223 g/mol. The lowest BCUT2D eigenvalue weighted by atomic mass is 9.68. The Morgan fingerprint density at radius 1 is 1.12 bits per heavy atom. The third-order valence-corrected chi connectivity index (χ3v) is 3.75. The number of piperidine rings is 1. The zero-order chi connectivity index (χ0) is 11.8. The number of rotatable bonds is 1. The van der Waals surface area contributed by atoms with E-state index in [2.05, 4.69) is 5.32 Å². The van der Waals surface area contributed by atoms with Gasteiger partial charge in [-0.15, -0.1) is 0 Å². The van der Waals surface area contributed by atoms with Crippen molar-refractivity contribution in [2.24, 2.45) is 11.3 Å². The highest BCUT2D eigenvalue weighted by atomic mass is 16.2. The van der Waals surface area contributed by atoms with Crippen molar-refractivity contribution in [3.05, 3.63) is 0 Å². The molecule has 0 spiro atoms. The lowest BCUT2D eigenvalue weighted by Crippen LogP contribution is -2.50. The molecule has 1 saturated heterocycles. The van der Waals surface area contributed by atoms with Gasteiger partial charge < -0.3 is 5.32 Å². The van der Waals surface area contributed by atoms with Crippen LogP contribution < -0.4 is 5.32 Å². The van der Waals surface area contributed by atoms with Crippen molar-refractivity contribution in [2.75, 3.05) is 6.54 Å². The number of hydrogen-bond donors (Lipinski definition) is 1. The first-order valence-corrected chi connectivity index (χ1v) is 6.28. The summed E-state index contributed by atoms with van der Waals surface area (Å²) >= 11 is 0. The van der Waals surface area contributed by atoms with Crippen LogP contribution in [0.2, 0.25) is 0 Å². The molecule has 1 aliphatic carbocycles. The number of nitrogens with one attached hydrogen (secondary N) is 1. The fourth-order valence-electron chi connectivity index (χ4n) is 3.02. The SMILES string of the molecule is CC1(C)CC(=O)C(C2CCCCN2)C(=O)C1. The second-order valence-electron chi connectivity index (χ2n) is 5.98. The van der Waals surface area contributed by atoms with Crippen LogP contribution in [0.1, 0.15) is 46.0 Å². The van der Waals surface area contributed by atoms with E-state index in [1.807, 2.05) is 13.8 Å². The van der Waals surface area contributed by atoms with E-state index in [-0.39, 0.29) is 28.9 Å². The smallest absolute Gasteiger partial charge is 0.145 e. The van der Waals surface area contributed by atoms with Gasteiger partial charge in [0.2, 0.25) is 0 Å². The molecule has 2 rings (SSSR count). The van der Waals surface area contributed by atoms with E-state index in [4.69, 9.17) is 0 Å². The Hall–Kier alpha value is -0.700. The first kappa shape index (κ1) is 11.8. The highest BCUT2D eigenvalue weighted by molar-refractivity contribution is 6.05. The van der Waals surface area contributed by atoms with Crippen LogP contribution in [0.25, 0.3) is 0 Å². The van der Waals surface area contributed by atoms with Crippen molar-refractivity contribution < 1.29 is 9.59 Å². The normalized spacial score (nSPS) is 31.8.